The molecule has 0 saturated carbocycles. The summed E-state index contributed by atoms with van der Waals surface area (Å²) in [6.45, 7) is 5.33. The molecule has 6 nitrogen and oxygen atoms in total. The van der Waals surface area contributed by atoms with E-state index in [9.17, 15) is 13.5 Å². The molecule has 0 atom stereocenters. The average Bonchev–Trinajstić information content (AvgIpc) is 2.93. The maximum absolute atomic E-state index is 12.0. The smallest absolute Gasteiger partial charge is 0.178 e. The maximum Gasteiger partial charge on any atom is 0.178 e. The summed E-state index contributed by atoms with van der Waals surface area (Å²) in [6, 6.07) is 8.32. The predicted octanol–water partition coefficient (Wildman–Crippen LogP) is 2.54. The molecule has 23 heavy (non-hydrogen) atoms. The molecule has 1 heterocycles. The average molecular weight is 331 g/mol. The minimum atomic E-state index is -3.29. The summed E-state index contributed by atoms with van der Waals surface area (Å²) in [7, 11) is -3.29. The van der Waals surface area contributed by atoms with Gasteiger partial charge < -0.3 is 5.11 Å². The van der Waals surface area contributed by atoms with Gasteiger partial charge in [0, 0.05) is 0 Å². The molecule has 0 fully saturated rings. The zero-order valence-corrected chi connectivity index (χ0v) is 13.9. The van der Waals surface area contributed by atoms with Gasteiger partial charge in [-0.15, -0.1) is 15.0 Å². The zero-order chi connectivity index (χ0) is 16.8. The van der Waals surface area contributed by atoms with Gasteiger partial charge in [-0.25, -0.2) is 8.42 Å². The van der Waals surface area contributed by atoms with Crippen LogP contribution in [0.1, 0.15) is 18.1 Å². The Bertz CT molecular complexity index is 1010. The Morgan fingerprint density at radius 3 is 2.48 bits per heavy atom. The van der Waals surface area contributed by atoms with Crippen molar-refractivity contribution in [3.8, 4) is 11.4 Å². The van der Waals surface area contributed by atoms with Gasteiger partial charge in [0.1, 0.15) is 22.5 Å². The van der Waals surface area contributed by atoms with Crippen LogP contribution in [0, 0.1) is 13.8 Å². The Morgan fingerprint density at radius 1 is 1.09 bits per heavy atom. The van der Waals surface area contributed by atoms with Crippen LogP contribution in [-0.4, -0.2) is 34.3 Å². The molecule has 0 aliphatic rings. The fourth-order valence-corrected chi connectivity index (χ4v) is 3.35. The molecule has 0 amide bonds. The Kier molecular flexibility index (Phi) is 3.60. The zero-order valence-electron chi connectivity index (χ0n) is 13.1. The van der Waals surface area contributed by atoms with E-state index >= 15 is 0 Å². The molecule has 120 valence electrons. The summed E-state index contributed by atoms with van der Waals surface area (Å²) in [5.41, 5.74) is 3.22. The third-order valence-corrected chi connectivity index (χ3v) is 5.46. The van der Waals surface area contributed by atoms with Gasteiger partial charge in [-0.05, 0) is 49.2 Å². The van der Waals surface area contributed by atoms with Crippen LogP contribution in [0.5, 0.6) is 5.75 Å². The monoisotopic (exact) mass is 331 g/mol. The van der Waals surface area contributed by atoms with Gasteiger partial charge in [0.2, 0.25) is 0 Å². The number of aryl methyl sites for hydroxylation is 2. The molecular weight excluding hydrogens is 314 g/mol. The first-order valence-electron chi connectivity index (χ1n) is 7.22. The van der Waals surface area contributed by atoms with Crippen molar-refractivity contribution >= 4 is 20.9 Å². The van der Waals surface area contributed by atoms with Crippen LogP contribution in [0.3, 0.4) is 0 Å². The van der Waals surface area contributed by atoms with Gasteiger partial charge in [0.15, 0.2) is 9.84 Å². The molecule has 0 radical (unpaired) electrons. The first-order valence-corrected chi connectivity index (χ1v) is 8.87. The summed E-state index contributed by atoms with van der Waals surface area (Å²) in [4.78, 5) is 1.56. The second-order valence-corrected chi connectivity index (χ2v) is 7.77. The number of hydrogen-bond donors (Lipinski definition) is 1. The number of sulfone groups is 1. The van der Waals surface area contributed by atoms with E-state index in [2.05, 4.69) is 10.2 Å². The van der Waals surface area contributed by atoms with Crippen LogP contribution in [0.2, 0.25) is 0 Å². The van der Waals surface area contributed by atoms with Crippen LogP contribution >= 0.6 is 0 Å². The van der Waals surface area contributed by atoms with Crippen molar-refractivity contribution in [1.82, 2.24) is 15.0 Å². The van der Waals surface area contributed by atoms with Crippen LogP contribution in [0.15, 0.2) is 35.2 Å². The lowest BCUT2D eigenvalue weighted by Gasteiger charge is -2.07. The molecule has 3 rings (SSSR count). The Balaban J connectivity index is 2.18. The Morgan fingerprint density at radius 2 is 1.78 bits per heavy atom. The predicted molar refractivity (Wildman–Crippen MR) is 87.7 cm³/mol. The van der Waals surface area contributed by atoms with E-state index < -0.39 is 9.84 Å². The summed E-state index contributed by atoms with van der Waals surface area (Å²) in [5.74, 6) is 0.141. The van der Waals surface area contributed by atoms with Crippen molar-refractivity contribution in [2.75, 3.05) is 5.75 Å². The lowest BCUT2D eigenvalue weighted by Crippen LogP contribution is -2.03. The molecular formula is C16H17N3O3S. The number of aromatic nitrogens is 3. The van der Waals surface area contributed by atoms with E-state index in [0.717, 1.165) is 11.1 Å². The molecule has 0 bridgehead atoms. The number of nitrogens with zero attached hydrogens (tertiary/aromatic N) is 3. The van der Waals surface area contributed by atoms with Gasteiger partial charge in [0.05, 0.1) is 10.6 Å². The largest absolute Gasteiger partial charge is 0.505 e. The maximum atomic E-state index is 12.0. The highest BCUT2D eigenvalue weighted by Gasteiger charge is 2.15. The first kappa shape index (κ1) is 15.5. The van der Waals surface area contributed by atoms with E-state index in [-0.39, 0.29) is 16.4 Å². The van der Waals surface area contributed by atoms with Crippen LogP contribution < -0.4 is 0 Å². The van der Waals surface area contributed by atoms with Gasteiger partial charge >= 0.3 is 0 Å². The van der Waals surface area contributed by atoms with Crippen molar-refractivity contribution in [1.29, 1.82) is 0 Å². The third-order valence-electron chi connectivity index (χ3n) is 3.73. The fourth-order valence-electron chi connectivity index (χ4n) is 2.45. The number of phenols is 1. The fraction of sp³-hybridized carbons (Fsp3) is 0.250. The SMILES string of the molecule is CCS(=O)(=O)c1ccc2nn(-c3cc(C)cc(C)c3O)nc2c1. The summed E-state index contributed by atoms with van der Waals surface area (Å²) < 4.78 is 23.9. The van der Waals surface area contributed by atoms with E-state index in [1.54, 1.807) is 26.0 Å². The first-order chi connectivity index (χ1) is 10.8. The molecule has 0 saturated heterocycles. The second kappa shape index (κ2) is 5.34. The second-order valence-electron chi connectivity index (χ2n) is 5.49. The van der Waals surface area contributed by atoms with E-state index in [0.29, 0.717) is 16.7 Å². The lowest BCUT2D eigenvalue weighted by atomic mass is 10.1. The topological polar surface area (TPSA) is 85.1 Å². The molecule has 7 heteroatoms. The third kappa shape index (κ3) is 2.68. The minimum Gasteiger partial charge on any atom is -0.505 e. The number of aromatic hydroxyl groups is 1. The molecule has 1 N–H and O–H groups in total. The molecule has 3 aromatic rings. The van der Waals surface area contributed by atoms with Crippen LogP contribution in [-0.2, 0) is 9.84 Å². The number of benzene rings is 2. The van der Waals surface area contributed by atoms with Crippen molar-refractivity contribution in [3.63, 3.8) is 0 Å². The number of fused-ring (bicyclic) bond motifs is 1. The molecule has 0 unspecified atom stereocenters. The van der Waals surface area contributed by atoms with Gasteiger partial charge in [-0.1, -0.05) is 13.0 Å². The Hall–Kier alpha value is -2.41. The van der Waals surface area contributed by atoms with E-state index in [4.69, 9.17) is 0 Å². The van der Waals surface area contributed by atoms with E-state index in [1.807, 2.05) is 13.0 Å². The molecule has 0 spiro atoms. The molecule has 2 aromatic carbocycles. The van der Waals surface area contributed by atoms with E-state index in [1.165, 1.54) is 16.9 Å². The molecule has 0 aliphatic heterocycles. The highest BCUT2D eigenvalue weighted by atomic mass is 32.2. The van der Waals surface area contributed by atoms with Crippen molar-refractivity contribution in [2.24, 2.45) is 0 Å². The highest BCUT2D eigenvalue weighted by molar-refractivity contribution is 7.91. The van der Waals surface area contributed by atoms with Crippen LogP contribution in [0.4, 0.5) is 0 Å². The standard InChI is InChI=1S/C16H17N3O3S/c1-4-23(21,22)12-5-6-13-14(9-12)18-19(17-13)15-8-10(2)7-11(3)16(15)20/h5-9,20H,4H2,1-3H3. The van der Waals surface area contributed by atoms with Crippen molar-refractivity contribution < 1.29 is 13.5 Å². The summed E-state index contributed by atoms with van der Waals surface area (Å²) >= 11 is 0. The minimum absolute atomic E-state index is 0.0322. The van der Waals surface area contributed by atoms with Crippen molar-refractivity contribution in [2.45, 2.75) is 25.7 Å². The van der Waals surface area contributed by atoms with Gasteiger partial charge in [-0.2, -0.15) is 0 Å². The van der Waals surface area contributed by atoms with Crippen LogP contribution in [0.25, 0.3) is 16.7 Å². The van der Waals surface area contributed by atoms with Gasteiger partial charge in [0.25, 0.3) is 0 Å². The van der Waals surface area contributed by atoms with Gasteiger partial charge in [-0.3, -0.25) is 0 Å². The molecule has 0 aliphatic carbocycles. The Labute approximate surface area is 134 Å². The lowest BCUT2D eigenvalue weighted by molar-refractivity contribution is 0.463. The number of rotatable bonds is 3. The quantitative estimate of drug-likeness (QED) is 0.797. The number of phenolic OH excluding ortho intramolecular Hbond substituents is 1. The molecule has 1 aromatic heterocycles. The highest BCUT2D eigenvalue weighted by Crippen LogP contribution is 2.27. The van der Waals surface area contributed by atoms with Crippen molar-refractivity contribution in [3.05, 3.63) is 41.5 Å². The normalized spacial score (nSPS) is 12.0. The summed E-state index contributed by atoms with van der Waals surface area (Å²) in [6.07, 6.45) is 0. The summed E-state index contributed by atoms with van der Waals surface area (Å²) in [5, 5.41) is 18.9. The number of hydrogen-bond acceptors (Lipinski definition) is 5.